The second-order valence-electron chi connectivity index (χ2n) is 5.53. The summed E-state index contributed by atoms with van der Waals surface area (Å²) < 4.78 is 0. The number of aliphatic hydroxyl groups is 1. The van der Waals surface area contributed by atoms with Crippen LogP contribution in [0.1, 0.15) is 34.7 Å². The van der Waals surface area contributed by atoms with E-state index in [1.54, 1.807) is 0 Å². The van der Waals surface area contributed by atoms with E-state index < -0.39 is 5.60 Å². The molecular weight excluding hydrogens is 234 g/mol. The van der Waals surface area contributed by atoms with Crippen LogP contribution < -0.4 is 5.73 Å². The van der Waals surface area contributed by atoms with E-state index >= 15 is 0 Å². The van der Waals surface area contributed by atoms with Gasteiger partial charge in [-0.3, -0.25) is 0 Å². The summed E-state index contributed by atoms with van der Waals surface area (Å²) >= 11 is 0. The summed E-state index contributed by atoms with van der Waals surface area (Å²) in [5, 5.41) is 11.0. The predicted molar refractivity (Wildman–Crippen MR) is 76.8 cm³/mol. The van der Waals surface area contributed by atoms with Crippen LogP contribution in [0.15, 0.2) is 48.5 Å². The molecule has 0 aliphatic heterocycles. The van der Waals surface area contributed by atoms with Crippen LogP contribution in [0.4, 0.5) is 0 Å². The van der Waals surface area contributed by atoms with Gasteiger partial charge in [-0.1, -0.05) is 48.5 Å². The molecule has 2 atom stereocenters. The highest BCUT2D eigenvalue weighted by Crippen LogP contribution is 2.44. The maximum Gasteiger partial charge on any atom is 0.0958 e. The minimum Gasteiger partial charge on any atom is -0.385 e. The molecule has 2 unspecified atom stereocenters. The molecule has 0 fully saturated rings. The Hall–Kier alpha value is -1.64. The molecule has 0 amide bonds. The summed E-state index contributed by atoms with van der Waals surface area (Å²) in [6, 6.07) is 16.1. The number of nitrogens with two attached hydrogens (primary N) is 1. The van der Waals surface area contributed by atoms with Crippen LogP contribution in [-0.2, 0) is 12.0 Å². The molecule has 3 rings (SSSR count). The first-order chi connectivity index (χ1) is 9.10. The molecule has 1 aliphatic rings. The number of aryl methyl sites for hydroxylation is 1. The maximum atomic E-state index is 11.0. The standard InChI is InChI=1S/C17H19NO/c1-12-6-2-3-7-13(12)10-17(19)11-16(18)14-8-4-5-9-15(14)17/h2-9,16,19H,10-11,18H2,1H3. The molecule has 2 aromatic carbocycles. The van der Waals surface area contributed by atoms with Gasteiger partial charge in [-0.05, 0) is 35.6 Å². The average Bonchev–Trinajstić information content (AvgIpc) is 2.65. The van der Waals surface area contributed by atoms with Crippen molar-refractivity contribution < 1.29 is 5.11 Å². The van der Waals surface area contributed by atoms with Gasteiger partial charge in [0.1, 0.15) is 0 Å². The predicted octanol–water partition coefficient (Wildman–Crippen LogP) is 2.83. The van der Waals surface area contributed by atoms with Crippen molar-refractivity contribution in [3.63, 3.8) is 0 Å². The fourth-order valence-electron chi connectivity index (χ4n) is 3.12. The van der Waals surface area contributed by atoms with Gasteiger partial charge in [0.2, 0.25) is 0 Å². The van der Waals surface area contributed by atoms with Crippen molar-refractivity contribution in [2.75, 3.05) is 0 Å². The van der Waals surface area contributed by atoms with Crippen LogP contribution in [0.3, 0.4) is 0 Å². The van der Waals surface area contributed by atoms with Crippen LogP contribution in [0.25, 0.3) is 0 Å². The number of rotatable bonds is 2. The van der Waals surface area contributed by atoms with Gasteiger partial charge in [-0.15, -0.1) is 0 Å². The third-order valence-corrected chi connectivity index (χ3v) is 4.16. The van der Waals surface area contributed by atoms with Gasteiger partial charge in [0.15, 0.2) is 0 Å². The molecular formula is C17H19NO. The second-order valence-corrected chi connectivity index (χ2v) is 5.53. The maximum absolute atomic E-state index is 11.0. The quantitative estimate of drug-likeness (QED) is 0.864. The normalized spacial score (nSPS) is 25.3. The van der Waals surface area contributed by atoms with Crippen LogP contribution in [0.2, 0.25) is 0 Å². The molecule has 0 radical (unpaired) electrons. The molecule has 0 saturated heterocycles. The molecule has 2 nitrogen and oxygen atoms in total. The highest BCUT2D eigenvalue weighted by Gasteiger charge is 2.40. The third-order valence-electron chi connectivity index (χ3n) is 4.16. The molecule has 0 saturated carbocycles. The summed E-state index contributed by atoms with van der Waals surface area (Å²) in [6.07, 6.45) is 1.23. The average molecular weight is 253 g/mol. The zero-order valence-corrected chi connectivity index (χ0v) is 11.1. The number of hydrogen-bond donors (Lipinski definition) is 2. The van der Waals surface area contributed by atoms with E-state index in [0.29, 0.717) is 12.8 Å². The zero-order chi connectivity index (χ0) is 13.5. The van der Waals surface area contributed by atoms with Gasteiger partial charge in [0, 0.05) is 12.5 Å². The van der Waals surface area contributed by atoms with Crippen LogP contribution in [0, 0.1) is 6.92 Å². The molecule has 2 aromatic rings. The molecule has 0 aromatic heterocycles. The molecule has 19 heavy (non-hydrogen) atoms. The van der Waals surface area contributed by atoms with Crippen LogP contribution in [0.5, 0.6) is 0 Å². The van der Waals surface area contributed by atoms with Crippen molar-refractivity contribution in [2.45, 2.75) is 31.4 Å². The highest BCUT2D eigenvalue weighted by atomic mass is 16.3. The Bertz CT molecular complexity index is 608. The van der Waals surface area contributed by atoms with E-state index in [1.165, 1.54) is 11.1 Å². The van der Waals surface area contributed by atoms with Crippen molar-refractivity contribution in [3.05, 3.63) is 70.8 Å². The topological polar surface area (TPSA) is 46.2 Å². The fraction of sp³-hybridized carbons (Fsp3) is 0.294. The smallest absolute Gasteiger partial charge is 0.0958 e. The van der Waals surface area contributed by atoms with Gasteiger partial charge in [0.05, 0.1) is 5.60 Å². The van der Waals surface area contributed by atoms with Crippen molar-refractivity contribution in [1.82, 2.24) is 0 Å². The third kappa shape index (κ3) is 2.07. The fourth-order valence-corrected chi connectivity index (χ4v) is 3.12. The summed E-state index contributed by atoms with van der Waals surface area (Å²) in [7, 11) is 0. The number of benzene rings is 2. The van der Waals surface area contributed by atoms with E-state index in [4.69, 9.17) is 5.73 Å². The first-order valence-electron chi connectivity index (χ1n) is 6.72. The van der Waals surface area contributed by atoms with Crippen molar-refractivity contribution in [3.8, 4) is 0 Å². The SMILES string of the molecule is Cc1ccccc1CC1(O)CC(N)c2ccccc21. The van der Waals surface area contributed by atoms with Gasteiger partial charge < -0.3 is 10.8 Å². The first kappa shape index (κ1) is 12.4. The van der Waals surface area contributed by atoms with E-state index in [2.05, 4.69) is 19.1 Å². The lowest BCUT2D eigenvalue weighted by molar-refractivity contribution is 0.0340. The number of fused-ring (bicyclic) bond motifs is 1. The Morgan fingerprint density at radius 3 is 2.63 bits per heavy atom. The van der Waals surface area contributed by atoms with E-state index in [1.807, 2.05) is 36.4 Å². The van der Waals surface area contributed by atoms with E-state index in [-0.39, 0.29) is 6.04 Å². The van der Waals surface area contributed by atoms with Gasteiger partial charge in [-0.2, -0.15) is 0 Å². The number of hydrogen-bond acceptors (Lipinski definition) is 2. The molecule has 1 aliphatic carbocycles. The first-order valence-corrected chi connectivity index (χ1v) is 6.72. The lowest BCUT2D eigenvalue weighted by atomic mass is 9.87. The lowest BCUT2D eigenvalue weighted by Crippen LogP contribution is -2.26. The van der Waals surface area contributed by atoms with Gasteiger partial charge in [0.25, 0.3) is 0 Å². The monoisotopic (exact) mass is 253 g/mol. The van der Waals surface area contributed by atoms with Crippen LogP contribution >= 0.6 is 0 Å². The molecule has 0 spiro atoms. The largest absolute Gasteiger partial charge is 0.385 e. The Kier molecular flexibility index (Phi) is 2.92. The van der Waals surface area contributed by atoms with Crippen LogP contribution in [-0.4, -0.2) is 5.11 Å². The molecule has 3 N–H and O–H groups in total. The molecule has 0 bridgehead atoms. The summed E-state index contributed by atoms with van der Waals surface area (Å²) in [6.45, 7) is 2.08. The minimum absolute atomic E-state index is 0.0646. The summed E-state index contributed by atoms with van der Waals surface area (Å²) in [5.74, 6) is 0. The minimum atomic E-state index is -0.831. The Morgan fingerprint density at radius 2 is 1.84 bits per heavy atom. The molecule has 98 valence electrons. The van der Waals surface area contributed by atoms with Crippen molar-refractivity contribution in [2.24, 2.45) is 5.73 Å². The van der Waals surface area contributed by atoms with Gasteiger partial charge >= 0.3 is 0 Å². The Balaban J connectivity index is 2.00. The lowest BCUT2D eigenvalue weighted by Gasteiger charge is -2.25. The summed E-state index contributed by atoms with van der Waals surface area (Å²) in [5.41, 5.74) is 9.80. The highest BCUT2D eigenvalue weighted by molar-refractivity contribution is 5.42. The van der Waals surface area contributed by atoms with Gasteiger partial charge in [-0.25, -0.2) is 0 Å². The molecule has 0 heterocycles. The molecule has 2 heteroatoms. The Labute approximate surface area is 113 Å². The van der Waals surface area contributed by atoms with E-state index in [0.717, 1.165) is 11.1 Å². The van der Waals surface area contributed by atoms with Crippen molar-refractivity contribution >= 4 is 0 Å². The zero-order valence-electron chi connectivity index (χ0n) is 11.1. The second kappa shape index (κ2) is 4.48. The van der Waals surface area contributed by atoms with Crippen molar-refractivity contribution in [1.29, 1.82) is 0 Å². The Morgan fingerprint density at radius 1 is 1.16 bits per heavy atom. The summed E-state index contributed by atoms with van der Waals surface area (Å²) in [4.78, 5) is 0. The van der Waals surface area contributed by atoms with E-state index in [9.17, 15) is 5.11 Å².